The number of fused-ring (bicyclic) bond motifs is 1. The Labute approximate surface area is 168 Å². The molecular weight excluding hydrogens is 376 g/mol. The molecule has 0 atom stereocenters. The average molecular weight is 401 g/mol. The van der Waals surface area contributed by atoms with Gasteiger partial charge in [-0.3, -0.25) is 4.79 Å². The normalized spacial score (nSPS) is 11.6. The smallest absolute Gasteiger partial charge is 0.279 e. The fourth-order valence-electron chi connectivity index (χ4n) is 2.74. The molecule has 0 saturated carbocycles. The van der Waals surface area contributed by atoms with Crippen molar-refractivity contribution in [1.29, 1.82) is 0 Å². The van der Waals surface area contributed by atoms with Gasteiger partial charge >= 0.3 is 0 Å². The van der Waals surface area contributed by atoms with E-state index >= 15 is 0 Å². The lowest BCUT2D eigenvalue weighted by atomic mass is 10.2. The lowest BCUT2D eigenvalue weighted by molar-refractivity contribution is 0.0998. The molecule has 0 radical (unpaired) electrons. The molecule has 28 heavy (non-hydrogen) atoms. The molecule has 148 valence electrons. The van der Waals surface area contributed by atoms with Crippen LogP contribution in [-0.4, -0.2) is 31.3 Å². The summed E-state index contributed by atoms with van der Waals surface area (Å²) in [6, 6.07) is 10.9. The van der Waals surface area contributed by atoms with Crippen molar-refractivity contribution >= 4 is 27.5 Å². The summed E-state index contributed by atoms with van der Waals surface area (Å²) in [5.74, 6) is 1.76. The summed E-state index contributed by atoms with van der Waals surface area (Å²) >= 11 is 1.43. The zero-order valence-corrected chi connectivity index (χ0v) is 17.3. The van der Waals surface area contributed by atoms with Crippen molar-refractivity contribution in [3.05, 3.63) is 46.8 Å². The van der Waals surface area contributed by atoms with Crippen LogP contribution in [0.4, 0.5) is 0 Å². The van der Waals surface area contributed by atoms with Crippen LogP contribution in [0, 0.1) is 0 Å². The number of methoxy groups -OCH3 is 2. The molecule has 0 N–H and O–H groups in total. The molecule has 0 fully saturated rings. The fourth-order valence-corrected chi connectivity index (χ4v) is 3.77. The predicted molar refractivity (Wildman–Crippen MR) is 111 cm³/mol. The van der Waals surface area contributed by atoms with Gasteiger partial charge in [0.2, 0.25) is 0 Å². The number of thiazole rings is 1. The number of amides is 1. The molecule has 3 rings (SSSR count). The second-order valence-electron chi connectivity index (χ2n) is 6.26. The van der Waals surface area contributed by atoms with Gasteiger partial charge in [-0.25, -0.2) is 0 Å². The minimum atomic E-state index is -0.291. The molecule has 1 aromatic heterocycles. The number of hydrogen-bond donors (Lipinski definition) is 0. The second-order valence-corrected chi connectivity index (χ2v) is 7.27. The first-order valence-corrected chi connectivity index (χ1v) is 9.92. The molecule has 1 amide bonds. The van der Waals surface area contributed by atoms with Crippen LogP contribution in [0.25, 0.3) is 10.2 Å². The number of hydrogen-bond acceptors (Lipinski definition) is 5. The Morgan fingerprint density at radius 1 is 1.11 bits per heavy atom. The lowest BCUT2D eigenvalue weighted by Gasteiger charge is -2.07. The highest BCUT2D eigenvalue weighted by Crippen LogP contribution is 2.33. The van der Waals surface area contributed by atoms with Gasteiger partial charge < -0.3 is 18.8 Å². The summed E-state index contributed by atoms with van der Waals surface area (Å²) in [7, 11) is 5.07. The van der Waals surface area contributed by atoms with Crippen LogP contribution in [0.3, 0.4) is 0 Å². The van der Waals surface area contributed by atoms with Gasteiger partial charge in [-0.05, 0) is 30.7 Å². The number of aryl methyl sites for hydroxylation is 1. The van der Waals surface area contributed by atoms with Gasteiger partial charge in [0, 0.05) is 24.7 Å². The number of nitrogens with zero attached hydrogens (tertiary/aromatic N) is 2. The zero-order valence-electron chi connectivity index (χ0n) is 16.5. The number of unbranched alkanes of at least 4 members (excludes halogenated alkanes) is 1. The van der Waals surface area contributed by atoms with Gasteiger partial charge in [-0.2, -0.15) is 4.99 Å². The quantitative estimate of drug-likeness (QED) is 0.558. The van der Waals surface area contributed by atoms with Crippen LogP contribution in [0.5, 0.6) is 17.2 Å². The van der Waals surface area contributed by atoms with Gasteiger partial charge in [0.25, 0.3) is 5.91 Å². The number of rotatable bonds is 7. The Hall–Kier alpha value is -2.80. The van der Waals surface area contributed by atoms with E-state index in [2.05, 4.69) is 11.9 Å². The van der Waals surface area contributed by atoms with Crippen LogP contribution in [0.15, 0.2) is 41.4 Å². The fraction of sp³-hybridized carbons (Fsp3) is 0.333. The van der Waals surface area contributed by atoms with E-state index in [9.17, 15) is 4.79 Å². The summed E-state index contributed by atoms with van der Waals surface area (Å²) in [6.07, 6.45) is 2.09. The van der Waals surface area contributed by atoms with Crippen molar-refractivity contribution in [2.75, 3.05) is 20.8 Å². The highest BCUT2D eigenvalue weighted by molar-refractivity contribution is 7.16. The molecule has 0 unspecified atom stereocenters. The zero-order chi connectivity index (χ0) is 20.1. The van der Waals surface area contributed by atoms with E-state index in [4.69, 9.17) is 14.2 Å². The van der Waals surface area contributed by atoms with Gasteiger partial charge in [0.1, 0.15) is 5.75 Å². The molecule has 0 aliphatic rings. The minimum Gasteiger partial charge on any atom is -0.494 e. The molecule has 0 aliphatic carbocycles. The van der Waals surface area contributed by atoms with Crippen LogP contribution in [0.1, 0.15) is 30.1 Å². The number of carbonyl (C=O) groups is 1. The maximum absolute atomic E-state index is 12.6. The molecule has 7 heteroatoms. The molecule has 0 bridgehead atoms. The second kappa shape index (κ2) is 8.93. The van der Waals surface area contributed by atoms with Crippen molar-refractivity contribution in [1.82, 2.24) is 4.57 Å². The Bertz CT molecular complexity index is 1030. The monoisotopic (exact) mass is 400 g/mol. The highest BCUT2D eigenvalue weighted by Gasteiger charge is 2.12. The van der Waals surface area contributed by atoms with Crippen molar-refractivity contribution in [2.45, 2.75) is 19.8 Å². The largest absolute Gasteiger partial charge is 0.494 e. The van der Waals surface area contributed by atoms with Gasteiger partial charge in [-0.15, -0.1) is 0 Å². The Morgan fingerprint density at radius 3 is 2.43 bits per heavy atom. The van der Waals surface area contributed by atoms with E-state index in [1.165, 1.54) is 11.3 Å². The molecule has 0 saturated heterocycles. The summed E-state index contributed by atoms with van der Waals surface area (Å²) in [5, 5.41) is 0. The Balaban J connectivity index is 1.89. The molecule has 2 aromatic carbocycles. The molecular formula is C21H24N2O4S. The molecule has 6 nitrogen and oxygen atoms in total. The maximum atomic E-state index is 12.6. The van der Waals surface area contributed by atoms with E-state index in [0.717, 1.165) is 28.8 Å². The molecule has 0 spiro atoms. The summed E-state index contributed by atoms with van der Waals surface area (Å²) in [6.45, 7) is 2.80. The van der Waals surface area contributed by atoms with E-state index in [1.54, 1.807) is 38.5 Å². The number of ether oxygens (including phenoxy) is 3. The van der Waals surface area contributed by atoms with Crippen LogP contribution < -0.4 is 19.0 Å². The lowest BCUT2D eigenvalue weighted by Crippen LogP contribution is -2.13. The Kier molecular flexibility index (Phi) is 6.36. The first-order chi connectivity index (χ1) is 13.6. The van der Waals surface area contributed by atoms with Gasteiger partial charge in [0.15, 0.2) is 16.3 Å². The standard InChI is InChI=1S/C21H24N2O4S/c1-5-6-11-27-15-9-7-14(8-10-15)20(24)22-21-23(2)16-12-17(25-3)18(26-4)13-19(16)28-21/h7-10,12-13H,5-6,11H2,1-4H3. The third-order valence-electron chi connectivity index (χ3n) is 4.38. The number of aromatic nitrogens is 1. The molecule has 1 heterocycles. The highest BCUT2D eigenvalue weighted by atomic mass is 32.1. The van der Waals surface area contributed by atoms with Crippen LogP contribution >= 0.6 is 11.3 Å². The number of benzene rings is 2. The molecule has 0 aliphatic heterocycles. The van der Waals surface area contributed by atoms with Crippen LogP contribution in [-0.2, 0) is 7.05 Å². The van der Waals surface area contributed by atoms with Gasteiger partial charge in [0.05, 0.1) is 31.0 Å². The van der Waals surface area contributed by atoms with Gasteiger partial charge in [-0.1, -0.05) is 24.7 Å². The topological polar surface area (TPSA) is 62.1 Å². The average Bonchev–Trinajstić information content (AvgIpc) is 3.02. The maximum Gasteiger partial charge on any atom is 0.279 e. The van der Waals surface area contributed by atoms with E-state index < -0.39 is 0 Å². The SMILES string of the molecule is CCCCOc1ccc(C(=O)N=c2sc3cc(OC)c(OC)cc3n2C)cc1. The third-order valence-corrected chi connectivity index (χ3v) is 5.47. The van der Waals surface area contributed by atoms with Crippen LogP contribution in [0.2, 0.25) is 0 Å². The number of carbonyl (C=O) groups excluding carboxylic acids is 1. The van der Waals surface area contributed by atoms with Crippen molar-refractivity contribution in [3.63, 3.8) is 0 Å². The Morgan fingerprint density at radius 2 is 1.79 bits per heavy atom. The van der Waals surface area contributed by atoms with E-state index in [-0.39, 0.29) is 5.91 Å². The molecule has 3 aromatic rings. The van der Waals surface area contributed by atoms with E-state index in [0.29, 0.717) is 28.5 Å². The predicted octanol–water partition coefficient (Wildman–Crippen LogP) is 4.18. The summed E-state index contributed by atoms with van der Waals surface area (Å²) in [5.41, 5.74) is 1.45. The van der Waals surface area contributed by atoms with Crippen molar-refractivity contribution in [2.24, 2.45) is 12.0 Å². The minimum absolute atomic E-state index is 0.291. The van der Waals surface area contributed by atoms with Crippen molar-refractivity contribution < 1.29 is 19.0 Å². The third kappa shape index (κ3) is 4.20. The summed E-state index contributed by atoms with van der Waals surface area (Å²) < 4.78 is 19.2. The van der Waals surface area contributed by atoms with E-state index in [1.807, 2.05) is 23.7 Å². The first-order valence-electron chi connectivity index (χ1n) is 9.10. The van der Waals surface area contributed by atoms with Crippen molar-refractivity contribution in [3.8, 4) is 17.2 Å². The first kappa shape index (κ1) is 19.9. The summed E-state index contributed by atoms with van der Waals surface area (Å²) in [4.78, 5) is 17.5.